The molecule has 1 unspecified atom stereocenters. The lowest BCUT2D eigenvalue weighted by atomic mass is 9.99. The lowest BCUT2D eigenvalue weighted by Crippen LogP contribution is -2.44. The van der Waals surface area contributed by atoms with Crippen LogP contribution in [0.5, 0.6) is 0 Å². The van der Waals surface area contributed by atoms with E-state index < -0.39 is 0 Å². The molecule has 106 valence electrons. The largest absolute Gasteiger partial charge is 0.274 e. The molecule has 4 nitrogen and oxygen atoms in total. The van der Waals surface area contributed by atoms with Crippen LogP contribution < -0.4 is 0 Å². The summed E-state index contributed by atoms with van der Waals surface area (Å²) in [6, 6.07) is 8.48. The van der Waals surface area contributed by atoms with Gasteiger partial charge in [-0.25, -0.2) is 4.99 Å². The number of amides is 1. The Balaban J connectivity index is 1.91. The zero-order valence-electron chi connectivity index (χ0n) is 12.0. The van der Waals surface area contributed by atoms with E-state index in [1.807, 2.05) is 13.0 Å². The molecule has 1 amide bonds. The molecule has 2 aliphatic heterocycles. The second kappa shape index (κ2) is 4.65. The third kappa shape index (κ3) is 1.94. The topological polar surface area (TPSA) is 45.0 Å². The molecule has 3 aliphatic rings. The van der Waals surface area contributed by atoms with Crippen molar-refractivity contribution in [3.05, 3.63) is 41.0 Å². The Hall–Kier alpha value is -2.23. The number of nitrogens with zero attached hydrogens (tertiary/aromatic N) is 3. The van der Waals surface area contributed by atoms with Crippen molar-refractivity contribution >= 4 is 23.8 Å². The molecule has 0 saturated carbocycles. The molecule has 1 atom stereocenters. The Morgan fingerprint density at radius 2 is 2.10 bits per heavy atom. The molecule has 4 heteroatoms. The third-order valence-electron chi connectivity index (χ3n) is 4.31. The number of benzene rings is 1. The fourth-order valence-corrected chi connectivity index (χ4v) is 3.31. The van der Waals surface area contributed by atoms with Crippen LogP contribution in [0, 0.1) is 0 Å². The van der Waals surface area contributed by atoms with Gasteiger partial charge in [-0.05, 0) is 31.7 Å². The van der Waals surface area contributed by atoms with Crippen LogP contribution in [0.3, 0.4) is 0 Å². The molecular formula is C17H17N3O. The zero-order valence-corrected chi connectivity index (χ0v) is 12.0. The van der Waals surface area contributed by atoms with Crippen molar-refractivity contribution in [2.45, 2.75) is 38.6 Å². The standard InChI is InChI=1S/C17H17N3O/c1-11-9-15(21)20-10-18-16-13-7-3-2-5-12(13)6-4-8-14(16)17(20)19-11/h2-3,5,7,10-11H,4,6,8-9H2,1H3. The summed E-state index contributed by atoms with van der Waals surface area (Å²) < 4.78 is 0. The van der Waals surface area contributed by atoms with Crippen molar-refractivity contribution in [3.8, 4) is 0 Å². The van der Waals surface area contributed by atoms with E-state index in [0.717, 1.165) is 36.4 Å². The SMILES string of the molecule is CC1CC(=O)N2C=NC3=C(CCCc4ccccc43)C2=N1. The molecule has 4 rings (SSSR count). The first-order chi connectivity index (χ1) is 10.2. The maximum Gasteiger partial charge on any atom is 0.235 e. The number of amidine groups is 1. The van der Waals surface area contributed by atoms with Gasteiger partial charge in [0.25, 0.3) is 0 Å². The second-order valence-corrected chi connectivity index (χ2v) is 5.85. The monoisotopic (exact) mass is 279 g/mol. The smallest absolute Gasteiger partial charge is 0.235 e. The van der Waals surface area contributed by atoms with Gasteiger partial charge >= 0.3 is 0 Å². The first-order valence-corrected chi connectivity index (χ1v) is 7.50. The van der Waals surface area contributed by atoms with E-state index in [0.29, 0.717) is 6.42 Å². The summed E-state index contributed by atoms with van der Waals surface area (Å²) in [5.41, 5.74) is 4.65. The number of carbonyl (C=O) groups excluding carboxylic acids is 1. The molecule has 0 spiro atoms. The highest BCUT2D eigenvalue weighted by molar-refractivity contribution is 6.21. The molecule has 0 bridgehead atoms. The zero-order chi connectivity index (χ0) is 14.4. The summed E-state index contributed by atoms with van der Waals surface area (Å²) in [4.78, 5) is 23.1. The predicted octanol–water partition coefficient (Wildman–Crippen LogP) is 2.80. The molecule has 1 aromatic rings. The minimum Gasteiger partial charge on any atom is -0.274 e. The van der Waals surface area contributed by atoms with Crippen LogP contribution in [-0.4, -0.2) is 29.0 Å². The highest BCUT2D eigenvalue weighted by Crippen LogP contribution is 2.35. The summed E-state index contributed by atoms with van der Waals surface area (Å²) in [5.74, 6) is 0.917. The average Bonchev–Trinajstić information content (AvgIpc) is 2.66. The Bertz CT molecular complexity index is 715. The second-order valence-electron chi connectivity index (χ2n) is 5.85. The maximum atomic E-state index is 12.2. The van der Waals surface area contributed by atoms with Gasteiger partial charge in [-0.3, -0.25) is 14.7 Å². The van der Waals surface area contributed by atoms with Gasteiger partial charge < -0.3 is 0 Å². The van der Waals surface area contributed by atoms with Gasteiger partial charge in [0, 0.05) is 17.6 Å². The molecule has 1 aliphatic carbocycles. The molecular weight excluding hydrogens is 262 g/mol. The fraction of sp³-hybridized carbons (Fsp3) is 0.353. The fourth-order valence-electron chi connectivity index (χ4n) is 3.31. The van der Waals surface area contributed by atoms with Gasteiger partial charge in [-0.15, -0.1) is 0 Å². The Labute approximate surface area is 123 Å². The molecule has 0 radical (unpaired) electrons. The van der Waals surface area contributed by atoms with Crippen molar-refractivity contribution in [1.82, 2.24) is 4.90 Å². The van der Waals surface area contributed by atoms with E-state index in [1.165, 1.54) is 11.1 Å². The number of hydrogen-bond donors (Lipinski definition) is 0. The maximum absolute atomic E-state index is 12.2. The molecule has 1 aromatic carbocycles. The van der Waals surface area contributed by atoms with E-state index >= 15 is 0 Å². The number of rotatable bonds is 0. The van der Waals surface area contributed by atoms with E-state index in [-0.39, 0.29) is 11.9 Å². The van der Waals surface area contributed by atoms with Crippen molar-refractivity contribution in [1.29, 1.82) is 0 Å². The summed E-state index contributed by atoms with van der Waals surface area (Å²) in [6.45, 7) is 2.00. The third-order valence-corrected chi connectivity index (χ3v) is 4.31. The quantitative estimate of drug-likeness (QED) is 0.720. The van der Waals surface area contributed by atoms with Crippen LogP contribution >= 0.6 is 0 Å². The highest BCUT2D eigenvalue weighted by Gasteiger charge is 2.33. The van der Waals surface area contributed by atoms with Crippen LogP contribution in [0.4, 0.5) is 0 Å². The summed E-state index contributed by atoms with van der Waals surface area (Å²) in [7, 11) is 0. The minimum absolute atomic E-state index is 0.0579. The Morgan fingerprint density at radius 1 is 1.24 bits per heavy atom. The highest BCUT2D eigenvalue weighted by atomic mass is 16.2. The molecule has 0 N–H and O–H groups in total. The first kappa shape index (κ1) is 12.5. The van der Waals surface area contributed by atoms with Crippen molar-refractivity contribution in [2.24, 2.45) is 9.98 Å². The van der Waals surface area contributed by atoms with Crippen molar-refractivity contribution in [3.63, 3.8) is 0 Å². The number of hydrogen-bond acceptors (Lipinski definition) is 3. The molecule has 0 aromatic heterocycles. The van der Waals surface area contributed by atoms with Crippen molar-refractivity contribution < 1.29 is 4.79 Å². The summed E-state index contributed by atoms with van der Waals surface area (Å²) >= 11 is 0. The lowest BCUT2D eigenvalue weighted by molar-refractivity contribution is -0.125. The van der Waals surface area contributed by atoms with Crippen molar-refractivity contribution in [2.75, 3.05) is 0 Å². The van der Waals surface area contributed by atoms with E-state index in [2.05, 4.69) is 23.2 Å². The van der Waals surface area contributed by atoms with Crippen LogP contribution in [0.1, 0.15) is 37.3 Å². The summed E-state index contributed by atoms with van der Waals surface area (Å²) in [6.07, 6.45) is 5.16. The number of aryl methyl sites for hydroxylation is 1. The van der Waals surface area contributed by atoms with E-state index in [4.69, 9.17) is 4.99 Å². The normalized spacial score (nSPS) is 24.0. The first-order valence-electron chi connectivity index (χ1n) is 7.50. The Morgan fingerprint density at radius 3 is 3.00 bits per heavy atom. The number of aliphatic imine (C=N–C) groups is 2. The van der Waals surface area contributed by atoms with Crippen LogP contribution in [0.15, 0.2) is 39.8 Å². The lowest BCUT2D eigenvalue weighted by Gasteiger charge is -2.31. The number of carbonyl (C=O) groups is 1. The summed E-state index contributed by atoms with van der Waals surface area (Å²) in [5, 5.41) is 0. The molecule has 0 fully saturated rings. The van der Waals surface area contributed by atoms with Gasteiger partial charge in [0.15, 0.2) is 0 Å². The van der Waals surface area contributed by atoms with Gasteiger partial charge in [-0.2, -0.15) is 0 Å². The molecule has 21 heavy (non-hydrogen) atoms. The predicted molar refractivity (Wildman–Crippen MR) is 83.2 cm³/mol. The van der Waals surface area contributed by atoms with Gasteiger partial charge in [0.1, 0.15) is 12.2 Å². The number of fused-ring (bicyclic) bond motifs is 4. The molecule has 2 heterocycles. The minimum atomic E-state index is 0.0579. The van der Waals surface area contributed by atoms with Gasteiger partial charge in [0.2, 0.25) is 5.91 Å². The average molecular weight is 279 g/mol. The van der Waals surface area contributed by atoms with E-state index in [1.54, 1.807) is 11.2 Å². The van der Waals surface area contributed by atoms with E-state index in [9.17, 15) is 4.79 Å². The van der Waals surface area contributed by atoms with Crippen LogP contribution in [-0.2, 0) is 11.2 Å². The van der Waals surface area contributed by atoms with Gasteiger partial charge in [-0.1, -0.05) is 24.3 Å². The molecule has 0 saturated heterocycles. The van der Waals surface area contributed by atoms with Crippen LogP contribution in [0.2, 0.25) is 0 Å². The van der Waals surface area contributed by atoms with Gasteiger partial charge in [0.05, 0.1) is 11.7 Å². The Kier molecular flexibility index (Phi) is 2.77. The van der Waals surface area contributed by atoms with Crippen LogP contribution in [0.25, 0.3) is 5.70 Å².